The lowest BCUT2D eigenvalue weighted by Gasteiger charge is -2.04. The summed E-state index contributed by atoms with van der Waals surface area (Å²) in [5.74, 6) is 0.851. The van der Waals surface area contributed by atoms with Gasteiger partial charge in [-0.1, -0.05) is 29.8 Å². The Labute approximate surface area is 147 Å². The third kappa shape index (κ3) is 2.70. The number of aromatic nitrogens is 5. The minimum Gasteiger partial charge on any atom is -0.305 e. The predicted molar refractivity (Wildman–Crippen MR) is 97.5 cm³/mol. The third-order valence-corrected chi connectivity index (χ3v) is 5.76. The Bertz CT molecular complexity index is 1020. The van der Waals surface area contributed by atoms with Gasteiger partial charge < -0.3 is 4.57 Å². The summed E-state index contributed by atoms with van der Waals surface area (Å²) in [4.78, 5) is 11.0. The number of nitrogens with zero attached hydrogens (tertiary/aromatic N) is 5. The van der Waals surface area contributed by atoms with Gasteiger partial charge in [0.2, 0.25) is 0 Å². The van der Waals surface area contributed by atoms with Crippen LogP contribution in [0, 0.1) is 13.8 Å². The maximum Gasteiger partial charge on any atom is 0.197 e. The van der Waals surface area contributed by atoms with Crippen molar-refractivity contribution in [2.24, 2.45) is 7.05 Å². The van der Waals surface area contributed by atoms with E-state index in [1.807, 2.05) is 11.6 Å². The smallest absolute Gasteiger partial charge is 0.197 e. The average Bonchev–Trinajstić information content (AvgIpc) is 3.12. The van der Waals surface area contributed by atoms with Crippen LogP contribution in [-0.2, 0) is 7.05 Å². The fourth-order valence-electron chi connectivity index (χ4n) is 2.48. The number of rotatable bonds is 3. The summed E-state index contributed by atoms with van der Waals surface area (Å²) in [5, 5.41) is 11.5. The van der Waals surface area contributed by atoms with Crippen molar-refractivity contribution >= 4 is 33.3 Å². The van der Waals surface area contributed by atoms with E-state index in [0.29, 0.717) is 0 Å². The maximum absolute atomic E-state index is 4.43. The number of hydrogen-bond acceptors (Lipinski definition) is 6. The highest BCUT2D eigenvalue weighted by atomic mass is 32.2. The molecule has 0 atom stereocenters. The second kappa shape index (κ2) is 5.99. The zero-order valence-corrected chi connectivity index (χ0v) is 15.1. The quantitative estimate of drug-likeness (QED) is 0.515. The molecule has 0 saturated carbocycles. The van der Waals surface area contributed by atoms with Gasteiger partial charge in [-0.3, -0.25) is 0 Å². The van der Waals surface area contributed by atoms with E-state index >= 15 is 0 Å². The lowest BCUT2D eigenvalue weighted by Crippen LogP contribution is -1.95. The first kappa shape index (κ1) is 15.3. The van der Waals surface area contributed by atoms with Crippen molar-refractivity contribution in [3.63, 3.8) is 0 Å². The molecule has 0 aliphatic heterocycles. The molecular formula is C17H15N5S2. The summed E-state index contributed by atoms with van der Waals surface area (Å²) in [6, 6.07) is 10.4. The van der Waals surface area contributed by atoms with Gasteiger partial charge in [0.1, 0.15) is 16.2 Å². The maximum atomic E-state index is 4.43. The van der Waals surface area contributed by atoms with E-state index in [1.54, 1.807) is 17.7 Å². The molecule has 120 valence electrons. The zero-order chi connectivity index (χ0) is 16.7. The van der Waals surface area contributed by atoms with E-state index in [1.165, 1.54) is 22.2 Å². The molecule has 4 aromatic rings. The summed E-state index contributed by atoms with van der Waals surface area (Å²) < 4.78 is 2.00. The van der Waals surface area contributed by atoms with Crippen LogP contribution in [0.2, 0.25) is 0 Å². The second-order valence-electron chi connectivity index (χ2n) is 5.59. The van der Waals surface area contributed by atoms with E-state index < -0.39 is 0 Å². The van der Waals surface area contributed by atoms with Crippen LogP contribution in [0.15, 0.2) is 46.8 Å². The zero-order valence-electron chi connectivity index (χ0n) is 13.5. The normalized spacial score (nSPS) is 11.3. The van der Waals surface area contributed by atoms with Gasteiger partial charge >= 0.3 is 0 Å². The van der Waals surface area contributed by atoms with Crippen molar-refractivity contribution in [2.75, 3.05) is 0 Å². The summed E-state index contributed by atoms with van der Waals surface area (Å²) in [6.45, 7) is 4.16. The summed E-state index contributed by atoms with van der Waals surface area (Å²) >= 11 is 3.20. The first-order valence-electron chi connectivity index (χ1n) is 7.47. The molecule has 1 aromatic carbocycles. The van der Waals surface area contributed by atoms with Crippen molar-refractivity contribution in [1.29, 1.82) is 0 Å². The molecular weight excluding hydrogens is 338 g/mol. The molecule has 0 spiro atoms. The molecule has 0 bridgehead atoms. The SMILES string of the molecule is Cc1ccc(-c2nnc(Sc3ncnc4sc(C)cc34)n2C)cc1. The van der Waals surface area contributed by atoms with Gasteiger partial charge in [0.05, 0.1) is 0 Å². The van der Waals surface area contributed by atoms with Crippen LogP contribution in [0.5, 0.6) is 0 Å². The molecule has 5 nitrogen and oxygen atoms in total. The van der Waals surface area contributed by atoms with Gasteiger partial charge in [-0.05, 0) is 31.7 Å². The molecule has 0 radical (unpaired) electrons. The van der Waals surface area contributed by atoms with Crippen LogP contribution >= 0.6 is 23.1 Å². The highest BCUT2D eigenvalue weighted by Crippen LogP contribution is 2.34. The van der Waals surface area contributed by atoms with Gasteiger partial charge in [0, 0.05) is 22.9 Å². The molecule has 0 unspecified atom stereocenters. The second-order valence-corrected chi connectivity index (χ2v) is 7.78. The Hall–Kier alpha value is -2.25. The summed E-state index contributed by atoms with van der Waals surface area (Å²) in [5.41, 5.74) is 2.29. The first-order chi connectivity index (χ1) is 11.6. The Balaban J connectivity index is 1.71. The number of benzene rings is 1. The summed E-state index contributed by atoms with van der Waals surface area (Å²) in [7, 11) is 1.98. The van der Waals surface area contributed by atoms with E-state index in [-0.39, 0.29) is 0 Å². The van der Waals surface area contributed by atoms with Crippen molar-refractivity contribution in [2.45, 2.75) is 24.0 Å². The average molecular weight is 353 g/mol. The molecule has 0 amide bonds. The van der Waals surface area contributed by atoms with Crippen LogP contribution in [0.1, 0.15) is 10.4 Å². The molecule has 0 aliphatic rings. The minimum atomic E-state index is 0.814. The van der Waals surface area contributed by atoms with E-state index in [9.17, 15) is 0 Å². The molecule has 0 aliphatic carbocycles. The van der Waals surface area contributed by atoms with Crippen molar-refractivity contribution in [3.05, 3.63) is 47.1 Å². The molecule has 3 aromatic heterocycles. The number of fused-ring (bicyclic) bond motifs is 1. The van der Waals surface area contributed by atoms with Crippen LogP contribution in [0.4, 0.5) is 0 Å². The number of aryl methyl sites for hydroxylation is 2. The molecule has 7 heteroatoms. The van der Waals surface area contributed by atoms with Crippen LogP contribution in [-0.4, -0.2) is 24.7 Å². The highest BCUT2D eigenvalue weighted by Gasteiger charge is 2.15. The van der Waals surface area contributed by atoms with Gasteiger partial charge in [0.15, 0.2) is 11.0 Å². The summed E-state index contributed by atoms with van der Waals surface area (Å²) in [6.07, 6.45) is 1.61. The Morgan fingerprint density at radius 2 is 1.83 bits per heavy atom. The molecule has 0 saturated heterocycles. The standard InChI is InChI=1S/C17H15N5S2/c1-10-4-6-12(7-5-10)14-20-21-17(22(14)3)24-16-13-8-11(2)23-15(13)18-9-19-16/h4-9H,1-3H3. The largest absolute Gasteiger partial charge is 0.305 e. The van der Waals surface area contributed by atoms with Crippen LogP contribution < -0.4 is 0 Å². The Morgan fingerprint density at radius 1 is 1.04 bits per heavy atom. The van der Waals surface area contributed by atoms with Gasteiger partial charge in [-0.25, -0.2) is 9.97 Å². The number of thiophene rings is 1. The van der Waals surface area contributed by atoms with E-state index in [4.69, 9.17) is 0 Å². The van der Waals surface area contributed by atoms with Crippen molar-refractivity contribution in [3.8, 4) is 11.4 Å². The Kier molecular flexibility index (Phi) is 3.82. The van der Waals surface area contributed by atoms with Crippen molar-refractivity contribution in [1.82, 2.24) is 24.7 Å². The monoisotopic (exact) mass is 353 g/mol. The lowest BCUT2D eigenvalue weighted by atomic mass is 10.1. The first-order valence-corrected chi connectivity index (χ1v) is 9.10. The molecule has 3 heterocycles. The molecule has 0 fully saturated rings. The van der Waals surface area contributed by atoms with Crippen LogP contribution in [0.3, 0.4) is 0 Å². The highest BCUT2D eigenvalue weighted by molar-refractivity contribution is 7.99. The molecule has 24 heavy (non-hydrogen) atoms. The Morgan fingerprint density at radius 3 is 2.62 bits per heavy atom. The van der Waals surface area contributed by atoms with Crippen LogP contribution in [0.25, 0.3) is 21.6 Å². The third-order valence-electron chi connectivity index (χ3n) is 3.75. The fraction of sp³-hybridized carbons (Fsp3) is 0.176. The van der Waals surface area contributed by atoms with Gasteiger partial charge in [-0.2, -0.15) is 0 Å². The lowest BCUT2D eigenvalue weighted by molar-refractivity contribution is 0.792. The van der Waals surface area contributed by atoms with E-state index in [2.05, 4.69) is 64.3 Å². The van der Waals surface area contributed by atoms with Gasteiger partial charge in [0.25, 0.3) is 0 Å². The number of hydrogen-bond donors (Lipinski definition) is 0. The molecule has 0 N–H and O–H groups in total. The van der Waals surface area contributed by atoms with E-state index in [0.717, 1.165) is 31.8 Å². The molecule has 4 rings (SSSR count). The van der Waals surface area contributed by atoms with Crippen molar-refractivity contribution < 1.29 is 0 Å². The topological polar surface area (TPSA) is 56.5 Å². The minimum absolute atomic E-state index is 0.814. The fourth-order valence-corrected chi connectivity index (χ4v) is 4.24. The predicted octanol–water partition coefficient (Wildman–Crippen LogP) is 4.25. The van der Waals surface area contributed by atoms with Gasteiger partial charge in [-0.15, -0.1) is 21.5 Å².